The van der Waals surface area contributed by atoms with Crippen LogP contribution in [0.25, 0.3) is 0 Å². The van der Waals surface area contributed by atoms with Crippen molar-refractivity contribution in [3.05, 3.63) is 12.2 Å². The highest BCUT2D eigenvalue weighted by Gasteiger charge is 2.36. The number of carboxylic acids is 1. The lowest BCUT2D eigenvalue weighted by atomic mass is 10.0. The molecular formula is C22H40O3. The molecule has 0 aliphatic carbocycles. The van der Waals surface area contributed by atoms with Crippen LogP contribution in [0.4, 0.5) is 0 Å². The molecule has 0 aromatic heterocycles. The second-order valence-corrected chi connectivity index (χ2v) is 7.53. The third-order valence-electron chi connectivity index (χ3n) is 5.08. The summed E-state index contributed by atoms with van der Waals surface area (Å²) in [5.41, 5.74) is 0. The molecule has 0 aromatic carbocycles. The smallest absolute Gasteiger partial charge is 0.303 e. The van der Waals surface area contributed by atoms with Crippen molar-refractivity contribution in [2.75, 3.05) is 0 Å². The first-order valence-electron chi connectivity index (χ1n) is 10.8. The van der Waals surface area contributed by atoms with E-state index >= 15 is 0 Å². The van der Waals surface area contributed by atoms with E-state index in [1.54, 1.807) is 0 Å². The largest absolute Gasteiger partial charge is 0.481 e. The van der Waals surface area contributed by atoms with E-state index in [9.17, 15) is 4.79 Å². The molecule has 3 heteroatoms. The van der Waals surface area contributed by atoms with Crippen molar-refractivity contribution in [1.82, 2.24) is 0 Å². The standard InChI is InChI=1S/C22H40O3/c1-2-3-4-5-6-8-11-14-17-20-21(25-20)18-15-12-9-7-10-13-16-19-22(23)24/h12,15,20-21H,2-11,13-14,16-19H2,1H3,(H,23,24)/b15-12-. The predicted molar refractivity (Wildman–Crippen MR) is 105 cm³/mol. The summed E-state index contributed by atoms with van der Waals surface area (Å²) in [5.74, 6) is -0.675. The van der Waals surface area contributed by atoms with Crippen LogP contribution in [-0.2, 0) is 9.53 Å². The van der Waals surface area contributed by atoms with Crippen LogP contribution >= 0.6 is 0 Å². The van der Waals surface area contributed by atoms with Gasteiger partial charge >= 0.3 is 5.97 Å². The number of hydrogen-bond acceptors (Lipinski definition) is 2. The average Bonchev–Trinajstić information content (AvgIpc) is 3.34. The number of rotatable bonds is 18. The maximum Gasteiger partial charge on any atom is 0.303 e. The molecule has 1 heterocycles. The lowest BCUT2D eigenvalue weighted by Gasteiger charge is -2.00. The SMILES string of the molecule is CCCCCCCCCCC1OC1C/C=C\CCCCCCC(=O)O. The number of allylic oxidation sites excluding steroid dienone is 1. The van der Waals surface area contributed by atoms with Crippen molar-refractivity contribution in [3.63, 3.8) is 0 Å². The fourth-order valence-electron chi connectivity index (χ4n) is 3.36. The molecule has 25 heavy (non-hydrogen) atoms. The maximum absolute atomic E-state index is 10.4. The first-order valence-corrected chi connectivity index (χ1v) is 10.8. The summed E-state index contributed by atoms with van der Waals surface area (Å²) in [5, 5.41) is 8.56. The van der Waals surface area contributed by atoms with Crippen molar-refractivity contribution in [2.45, 2.75) is 122 Å². The molecule has 0 saturated carbocycles. The van der Waals surface area contributed by atoms with Gasteiger partial charge in [0.05, 0.1) is 12.2 Å². The number of hydrogen-bond donors (Lipinski definition) is 1. The molecule has 3 nitrogen and oxygen atoms in total. The van der Waals surface area contributed by atoms with E-state index < -0.39 is 5.97 Å². The van der Waals surface area contributed by atoms with Crippen LogP contribution < -0.4 is 0 Å². The lowest BCUT2D eigenvalue weighted by Crippen LogP contribution is -1.93. The Hall–Kier alpha value is -0.830. The molecule has 0 aromatic rings. The minimum atomic E-state index is -0.675. The Morgan fingerprint density at radius 3 is 2.20 bits per heavy atom. The van der Waals surface area contributed by atoms with Gasteiger partial charge in [0.1, 0.15) is 0 Å². The van der Waals surface area contributed by atoms with Gasteiger partial charge in [0.15, 0.2) is 0 Å². The Morgan fingerprint density at radius 2 is 1.48 bits per heavy atom. The zero-order valence-electron chi connectivity index (χ0n) is 16.4. The third kappa shape index (κ3) is 14.1. The van der Waals surface area contributed by atoms with E-state index in [2.05, 4.69) is 19.1 Å². The van der Waals surface area contributed by atoms with Crippen LogP contribution in [0.2, 0.25) is 0 Å². The van der Waals surface area contributed by atoms with Crippen LogP contribution in [-0.4, -0.2) is 23.3 Å². The molecule has 0 bridgehead atoms. The summed E-state index contributed by atoms with van der Waals surface area (Å²) in [6.45, 7) is 2.27. The van der Waals surface area contributed by atoms with E-state index in [-0.39, 0.29) is 0 Å². The van der Waals surface area contributed by atoms with E-state index in [0.29, 0.717) is 18.6 Å². The van der Waals surface area contributed by atoms with Gasteiger partial charge < -0.3 is 9.84 Å². The van der Waals surface area contributed by atoms with Gasteiger partial charge in [-0.15, -0.1) is 0 Å². The van der Waals surface area contributed by atoms with E-state index in [1.807, 2.05) is 0 Å². The predicted octanol–water partition coefficient (Wildman–Crippen LogP) is 6.66. The van der Waals surface area contributed by atoms with Crippen LogP contribution in [0.15, 0.2) is 12.2 Å². The third-order valence-corrected chi connectivity index (χ3v) is 5.08. The van der Waals surface area contributed by atoms with Crippen LogP contribution in [0.1, 0.15) is 110 Å². The van der Waals surface area contributed by atoms with Gasteiger partial charge in [-0.05, 0) is 32.1 Å². The van der Waals surface area contributed by atoms with E-state index in [1.165, 1.54) is 64.2 Å². The molecule has 2 atom stereocenters. The number of carboxylic acid groups (broad SMARTS) is 1. The van der Waals surface area contributed by atoms with Crippen molar-refractivity contribution in [2.24, 2.45) is 0 Å². The summed E-state index contributed by atoms with van der Waals surface area (Å²) in [7, 11) is 0. The highest BCUT2D eigenvalue weighted by Crippen LogP contribution is 2.30. The quantitative estimate of drug-likeness (QED) is 0.170. The number of unbranched alkanes of at least 4 members (excludes halogenated alkanes) is 11. The topological polar surface area (TPSA) is 49.8 Å². The summed E-state index contributed by atoms with van der Waals surface area (Å²) >= 11 is 0. The minimum absolute atomic E-state index is 0.315. The fraction of sp³-hybridized carbons (Fsp3) is 0.864. The Bertz CT molecular complexity index is 351. The molecule has 1 N–H and O–H groups in total. The van der Waals surface area contributed by atoms with Crippen molar-refractivity contribution >= 4 is 5.97 Å². The Morgan fingerprint density at radius 1 is 0.840 bits per heavy atom. The van der Waals surface area contributed by atoms with Gasteiger partial charge in [-0.2, -0.15) is 0 Å². The summed E-state index contributed by atoms with van der Waals surface area (Å²) < 4.78 is 5.75. The van der Waals surface area contributed by atoms with Crippen molar-refractivity contribution in [1.29, 1.82) is 0 Å². The fourth-order valence-corrected chi connectivity index (χ4v) is 3.36. The normalized spacial score (nSPS) is 19.6. The van der Waals surface area contributed by atoms with Crippen LogP contribution in [0.5, 0.6) is 0 Å². The first kappa shape index (κ1) is 22.2. The van der Waals surface area contributed by atoms with E-state index in [0.717, 1.165) is 32.1 Å². The molecule has 1 aliphatic rings. The molecule has 0 amide bonds. The van der Waals surface area contributed by atoms with Gasteiger partial charge in [0.2, 0.25) is 0 Å². The number of aliphatic carboxylic acids is 1. The van der Waals surface area contributed by atoms with Gasteiger partial charge in [0.25, 0.3) is 0 Å². The molecule has 2 unspecified atom stereocenters. The van der Waals surface area contributed by atoms with Crippen LogP contribution in [0.3, 0.4) is 0 Å². The number of epoxide rings is 1. The molecule has 0 spiro atoms. The van der Waals surface area contributed by atoms with Crippen LogP contribution in [0, 0.1) is 0 Å². The zero-order chi connectivity index (χ0) is 18.2. The van der Waals surface area contributed by atoms with E-state index in [4.69, 9.17) is 9.84 Å². The summed E-state index contributed by atoms with van der Waals surface area (Å²) in [6, 6.07) is 0. The summed E-state index contributed by atoms with van der Waals surface area (Å²) in [4.78, 5) is 10.4. The Balaban J connectivity index is 1.79. The zero-order valence-corrected chi connectivity index (χ0v) is 16.4. The number of ether oxygens (including phenoxy) is 1. The highest BCUT2D eigenvalue weighted by molar-refractivity contribution is 5.66. The minimum Gasteiger partial charge on any atom is -0.481 e. The molecule has 0 radical (unpaired) electrons. The Labute approximate surface area is 155 Å². The number of carbonyl (C=O) groups is 1. The Kier molecular flexibility index (Phi) is 13.7. The molecule has 1 aliphatic heterocycles. The van der Waals surface area contributed by atoms with Crippen molar-refractivity contribution in [3.8, 4) is 0 Å². The van der Waals surface area contributed by atoms with Gasteiger partial charge in [-0.25, -0.2) is 0 Å². The molecule has 1 rings (SSSR count). The van der Waals surface area contributed by atoms with Gasteiger partial charge in [0, 0.05) is 6.42 Å². The monoisotopic (exact) mass is 352 g/mol. The molecule has 146 valence electrons. The molecular weight excluding hydrogens is 312 g/mol. The lowest BCUT2D eigenvalue weighted by molar-refractivity contribution is -0.137. The van der Waals surface area contributed by atoms with Gasteiger partial charge in [-0.3, -0.25) is 4.79 Å². The highest BCUT2D eigenvalue weighted by atomic mass is 16.6. The molecule has 1 saturated heterocycles. The van der Waals surface area contributed by atoms with Crippen molar-refractivity contribution < 1.29 is 14.6 Å². The molecule has 1 fully saturated rings. The summed E-state index contributed by atoms with van der Waals surface area (Å²) in [6.07, 6.45) is 24.5. The average molecular weight is 353 g/mol. The van der Waals surface area contributed by atoms with Gasteiger partial charge in [-0.1, -0.05) is 83.3 Å². The maximum atomic E-state index is 10.4. The second kappa shape index (κ2) is 15.4. The first-order chi connectivity index (χ1) is 12.2. The second-order valence-electron chi connectivity index (χ2n) is 7.53.